The van der Waals surface area contributed by atoms with Crippen LogP contribution in [0.25, 0.3) is 0 Å². The molecule has 0 bridgehead atoms. The van der Waals surface area contributed by atoms with E-state index in [1.807, 2.05) is 6.07 Å². The van der Waals surface area contributed by atoms with Crippen molar-refractivity contribution in [3.63, 3.8) is 0 Å². The Balaban J connectivity index is 1.55. The smallest absolute Gasteiger partial charge is 0.119 e. The monoisotopic (exact) mass is 302 g/mol. The zero-order chi connectivity index (χ0) is 15.7. The van der Waals surface area contributed by atoms with Gasteiger partial charge in [-0.2, -0.15) is 0 Å². The highest BCUT2D eigenvalue weighted by Crippen LogP contribution is 2.46. The van der Waals surface area contributed by atoms with Crippen LogP contribution in [0, 0.1) is 11.8 Å². The molecule has 22 heavy (non-hydrogen) atoms. The van der Waals surface area contributed by atoms with Crippen molar-refractivity contribution >= 4 is 0 Å². The fourth-order valence-electron chi connectivity index (χ4n) is 4.52. The predicted octanol–water partition coefficient (Wildman–Crippen LogP) is 3.25. The molecule has 0 spiro atoms. The third-order valence-corrected chi connectivity index (χ3v) is 5.89. The highest BCUT2D eigenvalue weighted by molar-refractivity contribution is 5.28. The molecule has 2 fully saturated rings. The molecule has 0 aliphatic heterocycles. The van der Waals surface area contributed by atoms with Crippen LogP contribution in [-0.2, 0) is 6.54 Å². The first kappa shape index (κ1) is 15.8. The summed E-state index contributed by atoms with van der Waals surface area (Å²) in [5.41, 5.74) is 1.35. The summed E-state index contributed by atoms with van der Waals surface area (Å²) in [5, 5.41) is 0. The van der Waals surface area contributed by atoms with Gasteiger partial charge in [-0.1, -0.05) is 12.1 Å². The summed E-state index contributed by atoms with van der Waals surface area (Å²) in [6, 6.07) is 10.0. The number of rotatable bonds is 5. The number of nitrogens with zero attached hydrogens (tertiary/aromatic N) is 2. The highest BCUT2D eigenvalue weighted by atomic mass is 16.5. The molecule has 0 heterocycles. The Hall–Kier alpha value is -1.06. The molecule has 0 saturated heterocycles. The lowest BCUT2D eigenvalue weighted by molar-refractivity contribution is 0.212. The van der Waals surface area contributed by atoms with Gasteiger partial charge in [-0.15, -0.1) is 0 Å². The van der Waals surface area contributed by atoms with Gasteiger partial charge in [0.05, 0.1) is 7.11 Å². The molecule has 2 aliphatic rings. The molecule has 4 atom stereocenters. The molecule has 2 saturated carbocycles. The summed E-state index contributed by atoms with van der Waals surface area (Å²) < 4.78 is 5.33. The Bertz CT molecular complexity index is 488. The first-order chi connectivity index (χ1) is 10.6. The molecule has 0 amide bonds. The van der Waals surface area contributed by atoms with E-state index < -0.39 is 0 Å². The Labute approximate surface area is 135 Å². The summed E-state index contributed by atoms with van der Waals surface area (Å²) in [4.78, 5) is 4.98. The van der Waals surface area contributed by atoms with Gasteiger partial charge in [0.1, 0.15) is 5.75 Å². The van der Waals surface area contributed by atoms with Crippen LogP contribution in [-0.4, -0.2) is 50.1 Å². The second-order valence-corrected chi connectivity index (χ2v) is 7.50. The van der Waals surface area contributed by atoms with Crippen molar-refractivity contribution in [2.75, 3.05) is 28.3 Å². The van der Waals surface area contributed by atoms with Crippen molar-refractivity contribution < 1.29 is 4.74 Å². The topological polar surface area (TPSA) is 15.7 Å². The Kier molecular flexibility index (Phi) is 4.74. The van der Waals surface area contributed by atoms with Crippen molar-refractivity contribution in [3.8, 4) is 5.75 Å². The van der Waals surface area contributed by atoms with Crippen LogP contribution in [0.15, 0.2) is 24.3 Å². The molecule has 0 N–H and O–H groups in total. The number of benzene rings is 1. The average molecular weight is 302 g/mol. The van der Waals surface area contributed by atoms with E-state index in [2.05, 4.69) is 49.1 Å². The minimum absolute atomic E-state index is 0.754. The van der Waals surface area contributed by atoms with Gasteiger partial charge in [0, 0.05) is 18.6 Å². The molecule has 3 rings (SSSR count). The van der Waals surface area contributed by atoms with Gasteiger partial charge in [-0.3, -0.25) is 4.90 Å². The van der Waals surface area contributed by atoms with E-state index in [0.29, 0.717) is 0 Å². The third kappa shape index (κ3) is 3.31. The molecule has 3 heteroatoms. The van der Waals surface area contributed by atoms with Gasteiger partial charge >= 0.3 is 0 Å². The Morgan fingerprint density at radius 1 is 1.00 bits per heavy atom. The van der Waals surface area contributed by atoms with E-state index in [-0.39, 0.29) is 0 Å². The first-order valence-corrected chi connectivity index (χ1v) is 8.56. The molecule has 1 aromatic carbocycles. The SMILES string of the molecule is COc1cccc(CN(C)C2C[C@H]3CC(N(C)C)C[C@H]3C2)c1. The molecule has 1 aromatic rings. The standard InChI is InChI=1S/C19H30N2O/c1-20(2)17-9-15-11-18(12-16(15)10-17)21(3)13-14-6-5-7-19(8-14)22-4/h5-8,15-18H,9-13H2,1-4H3/t15-,16+,17?,18?. The highest BCUT2D eigenvalue weighted by Gasteiger charge is 2.43. The second kappa shape index (κ2) is 6.59. The maximum Gasteiger partial charge on any atom is 0.119 e. The zero-order valence-corrected chi connectivity index (χ0v) is 14.5. The summed E-state index contributed by atoms with van der Waals surface area (Å²) >= 11 is 0. The van der Waals surface area contributed by atoms with Crippen LogP contribution in [0.3, 0.4) is 0 Å². The number of hydrogen-bond acceptors (Lipinski definition) is 3. The predicted molar refractivity (Wildman–Crippen MR) is 91.2 cm³/mol. The van der Waals surface area contributed by atoms with E-state index >= 15 is 0 Å². The number of hydrogen-bond donors (Lipinski definition) is 0. The normalized spacial score (nSPS) is 31.0. The molecular formula is C19H30N2O. The second-order valence-electron chi connectivity index (χ2n) is 7.50. The molecule has 2 aliphatic carbocycles. The molecule has 0 aromatic heterocycles. The minimum atomic E-state index is 0.754. The van der Waals surface area contributed by atoms with Gasteiger partial charge in [0.15, 0.2) is 0 Å². The quantitative estimate of drug-likeness (QED) is 0.830. The maximum absolute atomic E-state index is 5.33. The summed E-state index contributed by atoms with van der Waals surface area (Å²) in [7, 11) is 8.49. The minimum Gasteiger partial charge on any atom is -0.497 e. The van der Waals surface area contributed by atoms with Crippen molar-refractivity contribution in [1.82, 2.24) is 9.80 Å². The number of methoxy groups -OCH3 is 1. The van der Waals surface area contributed by atoms with E-state index in [1.54, 1.807) is 7.11 Å². The lowest BCUT2D eigenvalue weighted by atomic mass is 10.0. The van der Waals surface area contributed by atoms with Crippen molar-refractivity contribution in [3.05, 3.63) is 29.8 Å². The fourth-order valence-corrected chi connectivity index (χ4v) is 4.52. The van der Waals surface area contributed by atoms with Gasteiger partial charge in [0.2, 0.25) is 0 Å². The number of ether oxygens (including phenoxy) is 1. The van der Waals surface area contributed by atoms with Crippen LogP contribution in [0.5, 0.6) is 5.75 Å². The average Bonchev–Trinajstić information content (AvgIpc) is 3.06. The first-order valence-electron chi connectivity index (χ1n) is 8.56. The maximum atomic E-state index is 5.33. The molecular weight excluding hydrogens is 272 g/mol. The van der Waals surface area contributed by atoms with Gasteiger partial charge < -0.3 is 9.64 Å². The number of fused-ring (bicyclic) bond motifs is 1. The molecule has 3 nitrogen and oxygen atoms in total. The molecule has 0 radical (unpaired) electrons. The van der Waals surface area contributed by atoms with Gasteiger partial charge in [-0.25, -0.2) is 0 Å². The van der Waals surface area contributed by atoms with Crippen molar-refractivity contribution in [1.29, 1.82) is 0 Å². The summed E-state index contributed by atoms with van der Waals surface area (Å²) in [6.07, 6.45) is 5.58. The van der Waals surface area contributed by atoms with Crippen LogP contribution < -0.4 is 4.74 Å². The van der Waals surface area contributed by atoms with Gasteiger partial charge in [0.25, 0.3) is 0 Å². The Morgan fingerprint density at radius 3 is 2.23 bits per heavy atom. The Morgan fingerprint density at radius 2 is 1.64 bits per heavy atom. The van der Waals surface area contributed by atoms with Crippen LogP contribution >= 0.6 is 0 Å². The van der Waals surface area contributed by atoms with Crippen LogP contribution in [0.2, 0.25) is 0 Å². The summed E-state index contributed by atoms with van der Waals surface area (Å²) in [5.74, 6) is 2.86. The van der Waals surface area contributed by atoms with Crippen molar-refractivity contribution in [2.24, 2.45) is 11.8 Å². The lowest BCUT2D eigenvalue weighted by Crippen LogP contribution is -2.31. The van der Waals surface area contributed by atoms with E-state index in [1.165, 1.54) is 31.2 Å². The van der Waals surface area contributed by atoms with Crippen LogP contribution in [0.4, 0.5) is 0 Å². The lowest BCUT2D eigenvalue weighted by Gasteiger charge is -2.27. The largest absolute Gasteiger partial charge is 0.497 e. The van der Waals surface area contributed by atoms with E-state index in [0.717, 1.165) is 36.2 Å². The van der Waals surface area contributed by atoms with E-state index in [9.17, 15) is 0 Å². The van der Waals surface area contributed by atoms with E-state index in [4.69, 9.17) is 4.74 Å². The third-order valence-electron chi connectivity index (χ3n) is 5.89. The van der Waals surface area contributed by atoms with Crippen LogP contribution in [0.1, 0.15) is 31.2 Å². The zero-order valence-electron chi connectivity index (χ0n) is 14.5. The van der Waals surface area contributed by atoms with Gasteiger partial charge in [-0.05, 0) is 76.4 Å². The molecule has 122 valence electrons. The molecule has 2 unspecified atom stereocenters. The fraction of sp³-hybridized carbons (Fsp3) is 0.684. The summed E-state index contributed by atoms with van der Waals surface area (Å²) in [6.45, 7) is 1.03. The van der Waals surface area contributed by atoms with Crippen molar-refractivity contribution in [2.45, 2.75) is 44.3 Å².